The van der Waals surface area contributed by atoms with E-state index in [1.807, 2.05) is 12.3 Å². The van der Waals surface area contributed by atoms with E-state index in [2.05, 4.69) is 39.8 Å². The smallest absolute Gasteiger partial charge is 0.305 e. The Hall–Kier alpha value is -1.85. The molecule has 0 spiro atoms. The number of methoxy groups -OCH3 is 1. The van der Waals surface area contributed by atoms with Crippen molar-refractivity contribution < 1.29 is 19.4 Å². The van der Waals surface area contributed by atoms with Crippen molar-refractivity contribution in [3.63, 3.8) is 0 Å². The number of hydrogen-bond donors (Lipinski definition) is 1. The lowest BCUT2D eigenvalue weighted by atomic mass is 9.70. The van der Waals surface area contributed by atoms with Gasteiger partial charge in [-0.1, -0.05) is 51.4 Å². The highest BCUT2D eigenvalue weighted by molar-refractivity contribution is 6.31. The molecule has 0 aliphatic carbocycles. The van der Waals surface area contributed by atoms with Crippen molar-refractivity contribution >= 4 is 23.5 Å². The monoisotopic (exact) mass is 435 g/mol. The molecular formula is C24H34ClNO4. The number of carboxylic acid groups (broad SMARTS) is 1. The number of hydrogen-bond acceptors (Lipinski definition) is 3. The summed E-state index contributed by atoms with van der Waals surface area (Å²) in [6, 6.07) is 6.13. The number of aryl methyl sites for hydroxylation is 1. The zero-order valence-electron chi connectivity index (χ0n) is 18.8. The van der Waals surface area contributed by atoms with Crippen molar-refractivity contribution in [2.45, 2.75) is 65.2 Å². The third kappa shape index (κ3) is 6.32. The number of halogens is 1. The summed E-state index contributed by atoms with van der Waals surface area (Å²) < 4.78 is 5.28. The van der Waals surface area contributed by atoms with Crippen LogP contribution >= 0.6 is 11.6 Å². The van der Waals surface area contributed by atoms with Gasteiger partial charge >= 0.3 is 5.97 Å². The van der Waals surface area contributed by atoms with E-state index < -0.39 is 11.4 Å². The molecule has 1 amide bonds. The number of carbonyl (C=O) groups is 2. The van der Waals surface area contributed by atoms with Crippen molar-refractivity contribution in [3.05, 3.63) is 46.1 Å². The molecule has 30 heavy (non-hydrogen) atoms. The lowest BCUT2D eigenvalue weighted by Gasteiger charge is -2.39. The minimum absolute atomic E-state index is 0.0761. The first kappa shape index (κ1) is 24.4. The van der Waals surface area contributed by atoms with Crippen molar-refractivity contribution in [1.82, 2.24) is 4.90 Å². The van der Waals surface area contributed by atoms with Gasteiger partial charge in [0.1, 0.15) is 0 Å². The van der Waals surface area contributed by atoms with E-state index in [0.29, 0.717) is 13.0 Å². The molecule has 6 heteroatoms. The summed E-state index contributed by atoms with van der Waals surface area (Å²) in [4.78, 5) is 25.3. The van der Waals surface area contributed by atoms with Crippen molar-refractivity contribution in [1.29, 1.82) is 0 Å². The second-order valence-electron chi connectivity index (χ2n) is 9.50. The summed E-state index contributed by atoms with van der Waals surface area (Å²) in [6.45, 7) is 9.40. The predicted molar refractivity (Wildman–Crippen MR) is 120 cm³/mol. The molecule has 0 saturated carbocycles. The first-order valence-corrected chi connectivity index (χ1v) is 10.8. The molecule has 5 nitrogen and oxygen atoms in total. The van der Waals surface area contributed by atoms with Gasteiger partial charge in [0, 0.05) is 43.3 Å². The topological polar surface area (TPSA) is 66.8 Å². The van der Waals surface area contributed by atoms with Gasteiger partial charge in [0.15, 0.2) is 0 Å². The fraction of sp³-hybridized carbons (Fsp3) is 0.583. The Balaban J connectivity index is 2.34. The van der Waals surface area contributed by atoms with Crippen LogP contribution in [0.3, 0.4) is 0 Å². The Morgan fingerprint density at radius 2 is 2.00 bits per heavy atom. The molecule has 1 heterocycles. The molecule has 1 aliphatic heterocycles. The Labute approximate surface area is 185 Å². The molecule has 1 aliphatic rings. The molecule has 0 bridgehead atoms. The molecular weight excluding hydrogens is 402 g/mol. The van der Waals surface area contributed by atoms with Gasteiger partial charge in [-0.15, -0.1) is 0 Å². The maximum absolute atomic E-state index is 12.8. The van der Waals surface area contributed by atoms with Crippen LogP contribution in [0.25, 0.3) is 0 Å². The van der Waals surface area contributed by atoms with E-state index in [9.17, 15) is 9.59 Å². The fourth-order valence-electron chi connectivity index (χ4n) is 3.77. The Kier molecular flexibility index (Phi) is 8.12. The van der Waals surface area contributed by atoms with Gasteiger partial charge in [0.05, 0.1) is 6.42 Å². The number of carbonyl (C=O) groups excluding carboxylic acids is 1. The number of amides is 1. The SMILES string of the molecule is COCCC1=CN(CCC(=O)O)C(=O)C[C@@]1(C)c1ccc(CCC(C)(C)C)c(Cl)c1. The average Bonchev–Trinajstić information content (AvgIpc) is 2.64. The van der Waals surface area contributed by atoms with Crippen LogP contribution in [0.2, 0.25) is 5.02 Å². The highest BCUT2D eigenvalue weighted by Gasteiger charge is 2.39. The summed E-state index contributed by atoms with van der Waals surface area (Å²) >= 11 is 6.64. The van der Waals surface area contributed by atoms with Crippen LogP contribution < -0.4 is 0 Å². The predicted octanol–water partition coefficient (Wildman–Crippen LogP) is 5.20. The van der Waals surface area contributed by atoms with E-state index in [0.717, 1.165) is 34.6 Å². The number of benzene rings is 1. The van der Waals surface area contributed by atoms with E-state index in [4.69, 9.17) is 21.4 Å². The number of nitrogens with zero attached hydrogens (tertiary/aromatic N) is 1. The van der Waals surface area contributed by atoms with Gasteiger partial charge in [-0.25, -0.2) is 0 Å². The zero-order valence-corrected chi connectivity index (χ0v) is 19.5. The Bertz CT molecular complexity index is 812. The lowest BCUT2D eigenvalue weighted by Crippen LogP contribution is -2.41. The van der Waals surface area contributed by atoms with Crippen LogP contribution in [0, 0.1) is 5.41 Å². The number of aliphatic carboxylic acids is 1. The van der Waals surface area contributed by atoms with Gasteiger partial charge < -0.3 is 14.7 Å². The molecule has 1 atom stereocenters. The van der Waals surface area contributed by atoms with Gasteiger partial charge in [0.25, 0.3) is 0 Å². The van der Waals surface area contributed by atoms with Crippen LogP contribution in [0.1, 0.15) is 64.5 Å². The second-order valence-corrected chi connectivity index (χ2v) is 9.91. The molecule has 1 aromatic rings. The standard InChI is InChI=1S/C24H34ClNO4/c1-23(2,3)11-8-17-6-7-18(14-20(17)25)24(4)15-21(27)26(12-9-22(28)29)16-19(24)10-13-30-5/h6-7,14,16H,8-13,15H2,1-5H3,(H,28,29)/t24-/m0/s1. The van der Waals surface area contributed by atoms with E-state index in [1.165, 1.54) is 4.90 Å². The second kappa shape index (κ2) is 9.97. The van der Waals surface area contributed by atoms with Crippen molar-refractivity contribution in [2.75, 3.05) is 20.3 Å². The maximum atomic E-state index is 12.8. The van der Waals surface area contributed by atoms with E-state index in [-0.39, 0.29) is 30.7 Å². The summed E-state index contributed by atoms with van der Waals surface area (Å²) in [5, 5.41) is 9.70. The van der Waals surface area contributed by atoms with Crippen molar-refractivity contribution in [2.24, 2.45) is 5.41 Å². The minimum atomic E-state index is -0.916. The Morgan fingerprint density at radius 3 is 2.57 bits per heavy atom. The third-order valence-electron chi connectivity index (χ3n) is 5.82. The van der Waals surface area contributed by atoms with Gasteiger partial charge in [-0.05, 0) is 47.4 Å². The first-order chi connectivity index (χ1) is 14.0. The van der Waals surface area contributed by atoms with E-state index in [1.54, 1.807) is 7.11 Å². The highest BCUT2D eigenvalue weighted by atomic mass is 35.5. The van der Waals surface area contributed by atoms with Gasteiger partial charge in [0.2, 0.25) is 5.91 Å². The molecule has 0 unspecified atom stereocenters. The average molecular weight is 436 g/mol. The molecule has 0 saturated heterocycles. The van der Waals surface area contributed by atoms with Crippen LogP contribution in [0.5, 0.6) is 0 Å². The highest BCUT2D eigenvalue weighted by Crippen LogP contribution is 2.42. The number of ether oxygens (including phenoxy) is 1. The molecule has 0 aromatic heterocycles. The summed E-state index contributed by atoms with van der Waals surface area (Å²) in [5.41, 5.74) is 2.90. The van der Waals surface area contributed by atoms with Crippen LogP contribution in [0.4, 0.5) is 0 Å². The first-order valence-electron chi connectivity index (χ1n) is 10.5. The molecule has 0 radical (unpaired) electrons. The molecule has 0 fully saturated rings. The number of rotatable bonds is 9. The van der Waals surface area contributed by atoms with E-state index >= 15 is 0 Å². The summed E-state index contributed by atoms with van der Waals surface area (Å²) in [7, 11) is 1.65. The molecule has 166 valence electrons. The van der Waals surface area contributed by atoms with Crippen LogP contribution in [-0.4, -0.2) is 42.1 Å². The minimum Gasteiger partial charge on any atom is -0.481 e. The summed E-state index contributed by atoms with van der Waals surface area (Å²) in [6.07, 6.45) is 4.63. The molecule has 1 N–H and O–H groups in total. The van der Waals surface area contributed by atoms with Crippen LogP contribution in [-0.2, 0) is 26.2 Å². The van der Waals surface area contributed by atoms with Crippen molar-refractivity contribution in [3.8, 4) is 0 Å². The Morgan fingerprint density at radius 1 is 1.30 bits per heavy atom. The molecule has 1 aromatic carbocycles. The quantitative estimate of drug-likeness (QED) is 0.578. The zero-order chi connectivity index (χ0) is 22.5. The van der Waals surface area contributed by atoms with Crippen LogP contribution in [0.15, 0.2) is 30.0 Å². The number of carboxylic acids is 1. The van der Waals surface area contributed by atoms with Gasteiger partial charge in [-0.3, -0.25) is 9.59 Å². The van der Waals surface area contributed by atoms with Gasteiger partial charge in [-0.2, -0.15) is 0 Å². The normalized spacial score (nSPS) is 19.7. The third-order valence-corrected chi connectivity index (χ3v) is 6.17. The molecule has 2 rings (SSSR count). The summed E-state index contributed by atoms with van der Waals surface area (Å²) in [5.74, 6) is -0.992. The lowest BCUT2D eigenvalue weighted by molar-refractivity contribution is -0.138. The largest absolute Gasteiger partial charge is 0.481 e. The fourth-order valence-corrected chi connectivity index (χ4v) is 4.04. The maximum Gasteiger partial charge on any atom is 0.305 e.